The molecule has 0 saturated carbocycles. The van der Waals surface area contributed by atoms with Gasteiger partial charge in [0.15, 0.2) is 6.61 Å². The van der Waals surface area contributed by atoms with Gasteiger partial charge in [-0.15, -0.1) is 0 Å². The zero-order valence-corrected chi connectivity index (χ0v) is 14.7. The minimum Gasteiger partial charge on any atom is -0.482 e. The van der Waals surface area contributed by atoms with Gasteiger partial charge in [-0.25, -0.2) is 0 Å². The molecule has 6 nitrogen and oxygen atoms in total. The van der Waals surface area contributed by atoms with E-state index < -0.39 is 0 Å². The molecule has 1 aliphatic heterocycles. The van der Waals surface area contributed by atoms with Gasteiger partial charge in [-0.3, -0.25) is 9.59 Å². The van der Waals surface area contributed by atoms with Crippen molar-refractivity contribution in [2.75, 3.05) is 25.1 Å². The van der Waals surface area contributed by atoms with Crippen LogP contribution in [-0.2, 0) is 9.53 Å². The largest absolute Gasteiger partial charge is 0.482 e. The second-order valence-electron chi connectivity index (χ2n) is 6.08. The molecule has 0 aliphatic carbocycles. The van der Waals surface area contributed by atoms with Crippen molar-refractivity contribution in [2.45, 2.75) is 19.4 Å². The number of carbonyl (C=O) groups is 2. The third kappa shape index (κ3) is 4.61. The number of fused-ring (bicyclic) bond motifs is 1. The predicted octanol–water partition coefficient (Wildman–Crippen LogP) is 2.92. The Hall–Kier alpha value is -2.86. The summed E-state index contributed by atoms with van der Waals surface area (Å²) in [6, 6.07) is 15.0. The number of benzene rings is 2. The van der Waals surface area contributed by atoms with Gasteiger partial charge in [-0.05, 0) is 37.1 Å². The molecule has 0 aromatic heterocycles. The standard InChI is InChI=1S/C20H22N2O4/c1-14(15-6-3-2-4-7-15)25-11-5-10-21-20(24)16-8-9-18-17(12-16)22-19(23)13-26-18/h2-4,6-9,12,14H,5,10-11,13H2,1H3,(H,21,24)(H,22,23). The number of carbonyl (C=O) groups excluding carboxylic acids is 2. The lowest BCUT2D eigenvalue weighted by Gasteiger charge is -2.18. The van der Waals surface area contributed by atoms with E-state index in [1.165, 1.54) is 0 Å². The van der Waals surface area contributed by atoms with E-state index >= 15 is 0 Å². The number of rotatable bonds is 7. The van der Waals surface area contributed by atoms with Crippen molar-refractivity contribution in [1.82, 2.24) is 5.32 Å². The maximum Gasteiger partial charge on any atom is 0.262 e. The van der Waals surface area contributed by atoms with Crippen LogP contribution in [0.2, 0.25) is 0 Å². The maximum absolute atomic E-state index is 12.2. The van der Waals surface area contributed by atoms with Crippen molar-refractivity contribution in [1.29, 1.82) is 0 Å². The number of ether oxygens (including phenoxy) is 2. The first-order valence-corrected chi connectivity index (χ1v) is 8.65. The third-order valence-electron chi connectivity index (χ3n) is 4.12. The van der Waals surface area contributed by atoms with Gasteiger partial charge >= 0.3 is 0 Å². The third-order valence-corrected chi connectivity index (χ3v) is 4.12. The number of hydrogen-bond donors (Lipinski definition) is 2. The quantitative estimate of drug-likeness (QED) is 0.750. The van der Waals surface area contributed by atoms with Crippen LogP contribution in [0.5, 0.6) is 5.75 Å². The Balaban J connectivity index is 1.42. The Bertz CT molecular complexity index is 777. The highest BCUT2D eigenvalue weighted by atomic mass is 16.5. The Kier molecular flexibility index (Phi) is 5.86. The highest BCUT2D eigenvalue weighted by molar-refractivity contribution is 5.99. The number of hydrogen-bond acceptors (Lipinski definition) is 4. The van der Waals surface area contributed by atoms with E-state index in [1.54, 1.807) is 18.2 Å². The van der Waals surface area contributed by atoms with Gasteiger partial charge in [0, 0.05) is 18.7 Å². The topological polar surface area (TPSA) is 76.7 Å². The van der Waals surface area contributed by atoms with Crippen molar-refractivity contribution < 1.29 is 19.1 Å². The molecule has 2 aromatic rings. The SMILES string of the molecule is CC(OCCCNC(=O)c1ccc2c(c1)NC(=O)CO2)c1ccccc1. The first kappa shape index (κ1) is 17.9. The Labute approximate surface area is 152 Å². The van der Waals surface area contributed by atoms with E-state index in [9.17, 15) is 9.59 Å². The summed E-state index contributed by atoms with van der Waals surface area (Å²) in [4.78, 5) is 23.6. The van der Waals surface area contributed by atoms with Gasteiger partial charge in [0.2, 0.25) is 0 Å². The van der Waals surface area contributed by atoms with Gasteiger partial charge in [-0.1, -0.05) is 30.3 Å². The van der Waals surface area contributed by atoms with Crippen LogP contribution < -0.4 is 15.4 Å². The van der Waals surface area contributed by atoms with E-state index in [4.69, 9.17) is 9.47 Å². The zero-order valence-electron chi connectivity index (χ0n) is 14.7. The molecule has 2 N–H and O–H groups in total. The molecule has 0 spiro atoms. The summed E-state index contributed by atoms with van der Waals surface area (Å²) in [7, 11) is 0. The monoisotopic (exact) mass is 354 g/mol. The van der Waals surface area contributed by atoms with Crippen LogP contribution in [0, 0.1) is 0 Å². The number of nitrogens with one attached hydrogen (secondary N) is 2. The zero-order chi connectivity index (χ0) is 18.4. The van der Waals surface area contributed by atoms with Gasteiger partial charge in [0.1, 0.15) is 5.75 Å². The minimum absolute atomic E-state index is 0.0000524. The van der Waals surface area contributed by atoms with Crippen LogP contribution in [0.15, 0.2) is 48.5 Å². The van der Waals surface area contributed by atoms with Crippen LogP contribution in [0.1, 0.15) is 35.4 Å². The number of amides is 2. The molecule has 2 aromatic carbocycles. The molecule has 136 valence electrons. The lowest BCUT2D eigenvalue weighted by atomic mass is 10.1. The van der Waals surface area contributed by atoms with E-state index in [1.807, 2.05) is 37.3 Å². The van der Waals surface area contributed by atoms with Crippen molar-refractivity contribution in [3.05, 3.63) is 59.7 Å². The Morgan fingerprint density at radius 3 is 2.88 bits per heavy atom. The second-order valence-corrected chi connectivity index (χ2v) is 6.08. The molecule has 6 heteroatoms. The molecule has 2 amide bonds. The smallest absolute Gasteiger partial charge is 0.262 e. The summed E-state index contributed by atoms with van der Waals surface area (Å²) in [5, 5.41) is 5.55. The average molecular weight is 354 g/mol. The second kappa shape index (κ2) is 8.49. The maximum atomic E-state index is 12.2. The minimum atomic E-state index is -0.222. The van der Waals surface area contributed by atoms with Crippen molar-refractivity contribution >= 4 is 17.5 Å². The first-order valence-electron chi connectivity index (χ1n) is 8.65. The van der Waals surface area contributed by atoms with E-state index in [-0.39, 0.29) is 24.5 Å². The molecule has 3 rings (SSSR count). The Morgan fingerprint density at radius 1 is 1.27 bits per heavy atom. The normalized spacial score (nSPS) is 14.0. The van der Waals surface area contributed by atoms with Gasteiger partial charge in [0.25, 0.3) is 11.8 Å². The summed E-state index contributed by atoms with van der Waals surface area (Å²) in [6.07, 6.45) is 0.740. The molecule has 0 bridgehead atoms. The van der Waals surface area contributed by atoms with Crippen molar-refractivity contribution in [3.8, 4) is 5.75 Å². The number of anilines is 1. The summed E-state index contributed by atoms with van der Waals surface area (Å²) in [5.74, 6) is 0.160. The van der Waals surface area contributed by atoms with Gasteiger partial charge in [-0.2, -0.15) is 0 Å². The molecule has 1 heterocycles. The molecule has 1 unspecified atom stereocenters. The highest BCUT2D eigenvalue weighted by Crippen LogP contribution is 2.28. The van der Waals surface area contributed by atoms with E-state index in [0.29, 0.717) is 36.6 Å². The lowest BCUT2D eigenvalue weighted by Crippen LogP contribution is -2.27. The molecular formula is C20H22N2O4. The summed E-state index contributed by atoms with van der Waals surface area (Å²) in [6.45, 7) is 3.09. The lowest BCUT2D eigenvalue weighted by molar-refractivity contribution is -0.118. The van der Waals surface area contributed by atoms with Crippen molar-refractivity contribution in [3.63, 3.8) is 0 Å². The fourth-order valence-corrected chi connectivity index (χ4v) is 2.68. The summed E-state index contributed by atoms with van der Waals surface area (Å²) >= 11 is 0. The van der Waals surface area contributed by atoms with E-state index in [0.717, 1.165) is 5.56 Å². The molecule has 26 heavy (non-hydrogen) atoms. The van der Waals surface area contributed by atoms with Crippen molar-refractivity contribution in [2.24, 2.45) is 0 Å². The summed E-state index contributed by atoms with van der Waals surface area (Å²) in [5.41, 5.74) is 2.14. The molecule has 0 radical (unpaired) electrons. The van der Waals surface area contributed by atoms with Gasteiger partial charge < -0.3 is 20.1 Å². The highest BCUT2D eigenvalue weighted by Gasteiger charge is 2.17. The molecular weight excluding hydrogens is 332 g/mol. The molecule has 0 fully saturated rings. The fraction of sp³-hybridized carbons (Fsp3) is 0.300. The Morgan fingerprint density at radius 2 is 2.08 bits per heavy atom. The van der Waals surface area contributed by atoms with Crippen LogP contribution >= 0.6 is 0 Å². The molecule has 0 saturated heterocycles. The van der Waals surface area contributed by atoms with Crippen LogP contribution in [0.3, 0.4) is 0 Å². The average Bonchev–Trinajstić information content (AvgIpc) is 2.67. The van der Waals surface area contributed by atoms with Gasteiger partial charge in [0.05, 0.1) is 11.8 Å². The molecule has 1 atom stereocenters. The fourth-order valence-electron chi connectivity index (χ4n) is 2.68. The molecule has 1 aliphatic rings. The van der Waals surface area contributed by atoms with Crippen LogP contribution in [0.4, 0.5) is 5.69 Å². The first-order chi connectivity index (χ1) is 12.6. The predicted molar refractivity (Wildman–Crippen MR) is 98.3 cm³/mol. The van der Waals surface area contributed by atoms with E-state index in [2.05, 4.69) is 10.6 Å². The van der Waals surface area contributed by atoms with Crippen LogP contribution in [0.25, 0.3) is 0 Å². The van der Waals surface area contributed by atoms with Crippen LogP contribution in [-0.4, -0.2) is 31.6 Å². The summed E-state index contributed by atoms with van der Waals surface area (Å²) < 4.78 is 11.1.